The molecule has 0 bridgehead atoms. The van der Waals surface area contributed by atoms with Gasteiger partial charge in [-0.05, 0) is 48.4 Å². The molecule has 3 aromatic rings. The summed E-state index contributed by atoms with van der Waals surface area (Å²) in [5.74, 6) is 0.193. The molecule has 1 N–H and O–H groups in total. The van der Waals surface area contributed by atoms with E-state index in [1.807, 2.05) is 43.3 Å². The highest BCUT2D eigenvalue weighted by atomic mass is 16.2. The van der Waals surface area contributed by atoms with Gasteiger partial charge in [-0.2, -0.15) is 0 Å². The minimum atomic E-state index is -0.248. The summed E-state index contributed by atoms with van der Waals surface area (Å²) in [6.07, 6.45) is 4.25. The van der Waals surface area contributed by atoms with Crippen LogP contribution in [0.4, 0.5) is 0 Å². The standard InChI is InChI=1S/C22H25N3O2/c1-15(2)8-10-25-20(21(26)24-14-17-5-4-9-23-13-17)12-18-7-6-16(3)11-19(18)22(25)27/h4-7,9,11-13,15H,8,10,14H2,1-3H3,(H,24,26). The maximum atomic E-state index is 13.1. The van der Waals surface area contributed by atoms with Gasteiger partial charge in [-0.15, -0.1) is 0 Å². The summed E-state index contributed by atoms with van der Waals surface area (Å²) in [5.41, 5.74) is 2.24. The van der Waals surface area contributed by atoms with Crippen molar-refractivity contribution in [2.24, 2.45) is 5.92 Å². The van der Waals surface area contributed by atoms with Gasteiger partial charge < -0.3 is 9.88 Å². The summed E-state index contributed by atoms with van der Waals surface area (Å²) in [4.78, 5) is 30.0. The van der Waals surface area contributed by atoms with Crippen LogP contribution >= 0.6 is 0 Å². The Labute approximate surface area is 159 Å². The van der Waals surface area contributed by atoms with Crippen LogP contribution in [-0.4, -0.2) is 15.5 Å². The lowest BCUT2D eigenvalue weighted by Crippen LogP contribution is -2.32. The molecular weight excluding hydrogens is 338 g/mol. The van der Waals surface area contributed by atoms with Gasteiger partial charge in [0.2, 0.25) is 0 Å². The molecule has 2 heterocycles. The molecule has 0 fully saturated rings. The molecule has 1 aromatic carbocycles. The van der Waals surface area contributed by atoms with Gasteiger partial charge in [0.1, 0.15) is 5.69 Å². The minimum absolute atomic E-state index is 0.108. The van der Waals surface area contributed by atoms with Crippen molar-refractivity contribution in [2.75, 3.05) is 0 Å². The first-order chi connectivity index (χ1) is 13.0. The molecule has 0 atom stereocenters. The fourth-order valence-electron chi connectivity index (χ4n) is 3.03. The Morgan fingerprint density at radius 3 is 2.74 bits per heavy atom. The number of aromatic nitrogens is 2. The second-order valence-corrected chi connectivity index (χ2v) is 7.30. The van der Waals surface area contributed by atoms with Crippen LogP contribution in [0.5, 0.6) is 0 Å². The molecule has 5 heteroatoms. The number of carbonyl (C=O) groups is 1. The van der Waals surface area contributed by atoms with Gasteiger partial charge in [-0.1, -0.05) is 37.6 Å². The molecule has 0 saturated carbocycles. The number of nitrogens with one attached hydrogen (secondary N) is 1. The smallest absolute Gasteiger partial charge is 0.268 e. The SMILES string of the molecule is Cc1ccc2cc(C(=O)NCc3cccnc3)n(CCC(C)C)c(=O)c2c1. The second-order valence-electron chi connectivity index (χ2n) is 7.30. The molecule has 3 rings (SSSR count). The highest BCUT2D eigenvalue weighted by Gasteiger charge is 2.16. The van der Waals surface area contributed by atoms with Gasteiger partial charge in [-0.3, -0.25) is 14.6 Å². The Bertz CT molecular complexity index is 1010. The number of aryl methyl sites for hydroxylation is 1. The van der Waals surface area contributed by atoms with Gasteiger partial charge in [0.15, 0.2) is 0 Å². The third-order valence-corrected chi connectivity index (χ3v) is 4.61. The van der Waals surface area contributed by atoms with Gasteiger partial charge >= 0.3 is 0 Å². The van der Waals surface area contributed by atoms with E-state index in [4.69, 9.17) is 0 Å². The van der Waals surface area contributed by atoms with Gasteiger partial charge in [0.05, 0.1) is 0 Å². The number of nitrogens with zero attached hydrogens (tertiary/aromatic N) is 2. The predicted octanol–water partition coefficient (Wildman–Crippen LogP) is 3.68. The highest BCUT2D eigenvalue weighted by Crippen LogP contribution is 2.16. The van der Waals surface area contributed by atoms with Crippen molar-refractivity contribution in [2.45, 2.75) is 40.3 Å². The molecule has 5 nitrogen and oxygen atoms in total. The van der Waals surface area contributed by atoms with Crippen molar-refractivity contribution in [3.8, 4) is 0 Å². The van der Waals surface area contributed by atoms with Crippen LogP contribution in [0.2, 0.25) is 0 Å². The summed E-state index contributed by atoms with van der Waals surface area (Å²) in [6.45, 7) is 7.08. The third kappa shape index (κ3) is 4.42. The van der Waals surface area contributed by atoms with Crippen molar-refractivity contribution in [3.63, 3.8) is 0 Å². The fourth-order valence-corrected chi connectivity index (χ4v) is 3.03. The quantitative estimate of drug-likeness (QED) is 0.727. The van der Waals surface area contributed by atoms with Crippen molar-refractivity contribution >= 4 is 16.7 Å². The molecule has 140 valence electrons. The normalized spacial score (nSPS) is 11.1. The number of hydrogen-bond donors (Lipinski definition) is 1. The third-order valence-electron chi connectivity index (χ3n) is 4.61. The lowest BCUT2D eigenvalue weighted by molar-refractivity contribution is 0.0940. The zero-order valence-corrected chi connectivity index (χ0v) is 16.0. The Kier molecular flexibility index (Phi) is 5.69. The van der Waals surface area contributed by atoms with Crippen molar-refractivity contribution < 1.29 is 4.79 Å². The largest absolute Gasteiger partial charge is 0.347 e. The van der Waals surface area contributed by atoms with E-state index in [2.05, 4.69) is 24.1 Å². The zero-order chi connectivity index (χ0) is 19.4. The molecule has 0 aliphatic rings. The lowest BCUT2D eigenvalue weighted by atomic mass is 10.1. The number of rotatable bonds is 6. The van der Waals surface area contributed by atoms with Crippen LogP contribution in [0.1, 0.15) is 41.9 Å². The van der Waals surface area contributed by atoms with E-state index >= 15 is 0 Å². The van der Waals surface area contributed by atoms with E-state index in [-0.39, 0.29) is 11.5 Å². The summed E-state index contributed by atoms with van der Waals surface area (Å²) >= 11 is 0. The first kappa shape index (κ1) is 18.8. The monoisotopic (exact) mass is 363 g/mol. The zero-order valence-electron chi connectivity index (χ0n) is 16.0. The molecule has 27 heavy (non-hydrogen) atoms. The summed E-state index contributed by atoms with van der Waals surface area (Å²) in [5, 5.41) is 4.35. The van der Waals surface area contributed by atoms with Crippen LogP contribution in [0.25, 0.3) is 10.8 Å². The Balaban J connectivity index is 1.98. The molecular formula is C22H25N3O2. The molecule has 0 saturated heterocycles. The number of pyridine rings is 2. The van der Waals surface area contributed by atoms with Gasteiger partial charge in [0, 0.05) is 30.9 Å². The molecule has 0 aliphatic carbocycles. The van der Waals surface area contributed by atoms with Crippen molar-refractivity contribution in [3.05, 3.63) is 76.0 Å². The molecule has 2 aromatic heterocycles. The molecule has 0 unspecified atom stereocenters. The number of hydrogen-bond acceptors (Lipinski definition) is 3. The Morgan fingerprint density at radius 1 is 1.22 bits per heavy atom. The molecule has 0 aliphatic heterocycles. The predicted molar refractivity (Wildman–Crippen MR) is 108 cm³/mol. The summed E-state index contributed by atoms with van der Waals surface area (Å²) in [7, 11) is 0. The van der Waals surface area contributed by atoms with E-state index < -0.39 is 0 Å². The molecule has 1 amide bonds. The Morgan fingerprint density at radius 2 is 2.04 bits per heavy atom. The van der Waals surface area contributed by atoms with Crippen molar-refractivity contribution in [1.29, 1.82) is 0 Å². The van der Waals surface area contributed by atoms with Crippen LogP contribution in [0.15, 0.2) is 53.6 Å². The first-order valence-corrected chi connectivity index (χ1v) is 9.27. The number of amides is 1. The van der Waals surface area contributed by atoms with Crippen molar-refractivity contribution in [1.82, 2.24) is 14.9 Å². The first-order valence-electron chi connectivity index (χ1n) is 9.27. The van der Waals surface area contributed by atoms with Gasteiger partial charge in [-0.25, -0.2) is 0 Å². The van der Waals surface area contributed by atoms with E-state index in [0.717, 1.165) is 22.9 Å². The number of fused-ring (bicyclic) bond motifs is 1. The van der Waals surface area contributed by atoms with Crippen LogP contribution in [0, 0.1) is 12.8 Å². The summed E-state index contributed by atoms with van der Waals surface area (Å²) < 4.78 is 1.61. The van der Waals surface area contributed by atoms with E-state index in [0.29, 0.717) is 30.1 Å². The summed E-state index contributed by atoms with van der Waals surface area (Å²) in [6, 6.07) is 11.3. The average Bonchev–Trinajstić information content (AvgIpc) is 2.66. The number of benzene rings is 1. The van der Waals surface area contributed by atoms with Gasteiger partial charge in [0.25, 0.3) is 11.5 Å². The average molecular weight is 363 g/mol. The lowest BCUT2D eigenvalue weighted by Gasteiger charge is -2.16. The van der Waals surface area contributed by atoms with E-state index in [1.165, 1.54) is 0 Å². The second kappa shape index (κ2) is 8.16. The topological polar surface area (TPSA) is 64.0 Å². The minimum Gasteiger partial charge on any atom is -0.347 e. The maximum Gasteiger partial charge on any atom is 0.268 e. The van der Waals surface area contributed by atoms with Crippen LogP contribution < -0.4 is 10.9 Å². The fraction of sp³-hybridized carbons (Fsp3) is 0.318. The van der Waals surface area contributed by atoms with E-state index in [1.54, 1.807) is 17.0 Å². The van der Waals surface area contributed by atoms with E-state index in [9.17, 15) is 9.59 Å². The maximum absolute atomic E-state index is 13.1. The molecule has 0 spiro atoms. The highest BCUT2D eigenvalue weighted by molar-refractivity contribution is 5.96. The Hall–Kier alpha value is -2.95. The van der Waals surface area contributed by atoms with Crippen LogP contribution in [0.3, 0.4) is 0 Å². The molecule has 0 radical (unpaired) electrons. The van der Waals surface area contributed by atoms with Crippen LogP contribution in [-0.2, 0) is 13.1 Å². The number of carbonyl (C=O) groups excluding carboxylic acids is 1.